The molecule has 0 aliphatic heterocycles. The Hall–Kier alpha value is -1.89. The summed E-state index contributed by atoms with van der Waals surface area (Å²) in [5, 5.41) is 3.08. The first kappa shape index (κ1) is 16.2. The Morgan fingerprint density at radius 3 is 2.40 bits per heavy atom. The predicted octanol–water partition coefficient (Wildman–Crippen LogP) is 1.17. The van der Waals surface area contributed by atoms with Crippen molar-refractivity contribution in [3.63, 3.8) is 0 Å². The second-order valence-corrected chi connectivity index (χ2v) is 4.70. The van der Waals surface area contributed by atoms with Crippen molar-refractivity contribution in [3.8, 4) is 0 Å². The molecule has 7 heteroatoms. The van der Waals surface area contributed by atoms with Crippen LogP contribution in [0.4, 0.5) is 11.6 Å². The molecule has 0 unspecified atom stereocenters. The zero-order valence-corrected chi connectivity index (χ0v) is 12.6. The zero-order valence-electron chi connectivity index (χ0n) is 12.6. The van der Waals surface area contributed by atoms with Gasteiger partial charge in [0.15, 0.2) is 0 Å². The number of nitrogens with zero attached hydrogens (tertiary/aromatic N) is 3. The number of carbonyl (C=O) groups excluding carboxylic acids is 1. The molecule has 1 aromatic heterocycles. The lowest BCUT2D eigenvalue weighted by molar-refractivity contribution is -0.128. The van der Waals surface area contributed by atoms with Crippen molar-refractivity contribution in [2.45, 2.75) is 33.6 Å². The summed E-state index contributed by atoms with van der Waals surface area (Å²) in [7, 11) is 0. The van der Waals surface area contributed by atoms with Crippen molar-refractivity contribution in [1.29, 1.82) is 0 Å². The van der Waals surface area contributed by atoms with Gasteiger partial charge in [0.25, 0.3) is 0 Å². The second kappa shape index (κ2) is 7.64. The van der Waals surface area contributed by atoms with Crippen molar-refractivity contribution in [1.82, 2.24) is 14.9 Å². The van der Waals surface area contributed by atoms with Crippen LogP contribution in [-0.4, -0.2) is 40.4 Å². The van der Waals surface area contributed by atoms with Gasteiger partial charge in [-0.15, -0.1) is 0 Å². The van der Waals surface area contributed by atoms with Crippen molar-refractivity contribution in [2.75, 3.05) is 30.4 Å². The van der Waals surface area contributed by atoms with Gasteiger partial charge in [-0.2, -0.15) is 0 Å². The van der Waals surface area contributed by atoms with E-state index in [1.807, 2.05) is 27.7 Å². The summed E-state index contributed by atoms with van der Waals surface area (Å²) in [6.45, 7) is 9.58. The number of hydrogen-bond acceptors (Lipinski definition) is 6. The number of amides is 1. The highest BCUT2D eigenvalue weighted by Crippen LogP contribution is 2.27. The van der Waals surface area contributed by atoms with Crippen LogP contribution in [0.25, 0.3) is 0 Å². The van der Waals surface area contributed by atoms with E-state index in [4.69, 9.17) is 5.84 Å². The molecular formula is C13H24N6O. The van der Waals surface area contributed by atoms with Crippen LogP contribution in [0.15, 0.2) is 6.33 Å². The normalized spacial score (nSPS) is 10.5. The van der Waals surface area contributed by atoms with Crippen molar-refractivity contribution in [2.24, 2.45) is 5.84 Å². The molecule has 0 aromatic carbocycles. The number of hydrazine groups is 1. The lowest BCUT2D eigenvalue weighted by atomic mass is 10.0. The van der Waals surface area contributed by atoms with Gasteiger partial charge in [-0.05, 0) is 19.8 Å². The van der Waals surface area contributed by atoms with Gasteiger partial charge in [0.05, 0.1) is 6.54 Å². The van der Waals surface area contributed by atoms with Crippen LogP contribution in [-0.2, 0) is 4.79 Å². The Bertz CT molecular complexity index is 444. The van der Waals surface area contributed by atoms with Gasteiger partial charge in [-0.25, -0.2) is 15.8 Å². The number of rotatable bonds is 7. The van der Waals surface area contributed by atoms with E-state index in [0.717, 1.165) is 5.56 Å². The van der Waals surface area contributed by atoms with E-state index in [1.165, 1.54) is 6.33 Å². The number of likely N-dealkylation sites (N-methyl/N-ethyl adjacent to an activating group) is 1. The lowest BCUT2D eigenvalue weighted by Crippen LogP contribution is -2.35. The van der Waals surface area contributed by atoms with Gasteiger partial charge in [0.1, 0.15) is 18.0 Å². The quantitative estimate of drug-likeness (QED) is 0.512. The summed E-state index contributed by atoms with van der Waals surface area (Å²) in [5.74, 6) is 6.92. The highest BCUT2D eigenvalue weighted by atomic mass is 16.2. The van der Waals surface area contributed by atoms with Crippen LogP contribution in [0.5, 0.6) is 0 Å². The van der Waals surface area contributed by atoms with E-state index in [2.05, 4.69) is 20.7 Å². The van der Waals surface area contributed by atoms with Crippen molar-refractivity contribution in [3.05, 3.63) is 11.9 Å². The van der Waals surface area contributed by atoms with Crippen LogP contribution in [0.3, 0.4) is 0 Å². The molecule has 1 rings (SSSR count). The first-order chi connectivity index (χ1) is 9.54. The van der Waals surface area contributed by atoms with Crippen molar-refractivity contribution < 1.29 is 4.79 Å². The van der Waals surface area contributed by atoms with Crippen LogP contribution in [0, 0.1) is 0 Å². The van der Waals surface area contributed by atoms with Gasteiger partial charge in [0.2, 0.25) is 5.91 Å². The zero-order chi connectivity index (χ0) is 15.1. The van der Waals surface area contributed by atoms with E-state index in [1.54, 1.807) is 4.90 Å². The monoisotopic (exact) mass is 280 g/mol. The Balaban J connectivity index is 2.85. The van der Waals surface area contributed by atoms with Crippen LogP contribution in [0.1, 0.15) is 39.2 Å². The lowest BCUT2D eigenvalue weighted by Gasteiger charge is -2.20. The summed E-state index contributed by atoms with van der Waals surface area (Å²) in [4.78, 5) is 22.1. The summed E-state index contributed by atoms with van der Waals surface area (Å²) < 4.78 is 0. The molecule has 20 heavy (non-hydrogen) atoms. The maximum absolute atomic E-state index is 12.0. The topological polar surface area (TPSA) is 96.2 Å². The van der Waals surface area contributed by atoms with Gasteiger partial charge in [0, 0.05) is 18.7 Å². The molecule has 0 aliphatic carbocycles. The fourth-order valence-corrected chi connectivity index (χ4v) is 2.05. The number of aromatic nitrogens is 2. The Morgan fingerprint density at radius 1 is 1.30 bits per heavy atom. The summed E-state index contributed by atoms with van der Waals surface area (Å²) >= 11 is 0. The fourth-order valence-electron chi connectivity index (χ4n) is 2.05. The highest BCUT2D eigenvalue weighted by molar-refractivity contribution is 5.81. The van der Waals surface area contributed by atoms with Crippen molar-refractivity contribution >= 4 is 17.5 Å². The standard InChI is InChI=1S/C13H24N6O/c1-5-19(6-2)10(20)7-15-12-11(9(3)4)13(18-14)17-8-16-12/h8-9H,5-7,14H2,1-4H3,(H2,15,16,17,18). The van der Waals surface area contributed by atoms with Gasteiger partial charge < -0.3 is 15.6 Å². The predicted molar refractivity (Wildman–Crippen MR) is 80.3 cm³/mol. The Morgan fingerprint density at radius 2 is 1.90 bits per heavy atom. The highest BCUT2D eigenvalue weighted by Gasteiger charge is 2.16. The van der Waals surface area contributed by atoms with Gasteiger partial charge in [-0.1, -0.05) is 13.8 Å². The molecular weight excluding hydrogens is 256 g/mol. The van der Waals surface area contributed by atoms with E-state index >= 15 is 0 Å². The molecule has 0 fully saturated rings. The smallest absolute Gasteiger partial charge is 0.241 e. The first-order valence-electron chi connectivity index (χ1n) is 6.88. The molecule has 112 valence electrons. The van der Waals surface area contributed by atoms with Crippen LogP contribution in [0.2, 0.25) is 0 Å². The molecule has 0 saturated carbocycles. The maximum Gasteiger partial charge on any atom is 0.241 e. The summed E-state index contributed by atoms with van der Waals surface area (Å²) in [6, 6.07) is 0. The third kappa shape index (κ3) is 3.80. The number of nitrogens with two attached hydrogens (primary N) is 1. The van der Waals surface area contributed by atoms with Gasteiger partial charge in [-0.3, -0.25) is 4.79 Å². The minimum absolute atomic E-state index is 0.0468. The number of hydrogen-bond donors (Lipinski definition) is 3. The summed E-state index contributed by atoms with van der Waals surface area (Å²) in [6.07, 6.45) is 1.42. The average Bonchev–Trinajstić information content (AvgIpc) is 2.45. The molecule has 0 saturated heterocycles. The third-order valence-electron chi connectivity index (χ3n) is 3.12. The molecule has 0 radical (unpaired) electrons. The second-order valence-electron chi connectivity index (χ2n) is 4.70. The van der Waals surface area contributed by atoms with Crippen LogP contribution < -0.4 is 16.6 Å². The average molecular weight is 280 g/mol. The SMILES string of the molecule is CCN(CC)C(=O)CNc1ncnc(NN)c1C(C)C. The molecule has 0 atom stereocenters. The number of carbonyl (C=O) groups is 1. The molecule has 4 N–H and O–H groups in total. The van der Waals surface area contributed by atoms with E-state index in [-0.39, 0.29) is 18.4 Å². The van der Waals surface area contributed by atoms with E-state index < -0.39 is 0 Å². The van der Waals surface area contributed by atoms with E-state index in [0.29, 0.717) is 24.7 Å². The molecule has 7 nitrogen and oxygen atoms in total. The number of anilines is 2. The molecule has 1 aromatic rings. The Kier molecular flexibility index (Phi) is 6.17. The molecule has 0 bridgehead atoms. The maximum atomic E-state index is 12.0. The third-order valence-corrected chi connectivity index (χ3v) is 3.12. The largest absolute Gasteiger partial charge is 0.361 e. The minimum atomic E-state index is 0.0468. The molecule has 1 amide bonds. The minimum Gasteiger partial charge on any atom is -0.361 e. The summed E-state index contributed by atoms with van der Waals surface area (Å²) in [5.41, 5.74) is 3.44. The fraction of sp³-hybridized carbons (Fsp3) is 0.615. The number of nitrogen functional groups attached to an aromatic ring is 1. The van der Waals surface area contributed by atoms with Crippen LogP contribution >= 0.6 is 0 Å². The Labute approximate surface area is 119 Å². The molecule has 1 heterocycles. The molecule has 0 spiro atoms. The van der Waals surface area contributed by atoms with E-state index in [9.17, 15) is 4.79 Å². The van der Waals surface area contributed by atoms with Gasteiger partial charge >= 0.3 is 0 Å². The first-order valence-corrected chi connectivity index (χ1v) is 6.88. The molecule has 0 aliphatic rings. The number of nitrogens with one attached hydrogen (secondary N) is 2.